The molecule has 136 valence electrons. The maximum Gasteiger partial charge on any atom is 0.225 e. The average Bonchev–Trinajstić information content (AvgIpc) is 2.65. The van der Waals surface area contributed by atoms with E-state index in [1.807, 2.05) is 23.1 Å². The van der Waals surface area contributed by atoms with Crippen LogP contribution in [-0.4, -0.2) is 47.0 Å². The molecule has 0 unspecified atom stereocenters. The summed E-state index contributed by atoms with van der Waals surface area (Å²) in [5.74, 6) is 0.591. The van der Waals surface area contributed by atoms with E-state index in [1.54, 1.807) is 0 Å². The van der Waals surface area contributed by atoms with Crippen molar-refractivity contribution >= 4 is 56.5 Å². The molecule has 1 saturated carbocycles. The molecule has 0 atom stereocenters. The quantitative estimate of drug-likeness (QED) is 0.680. The summed E-state index contributed by atoms with van der Waals surface area (Å²) in [6.45, 7) is 3.04. The molecule has 1 amide bonds. The van der Waals surface area contributed by atoms with Crippen LogP contribution >= 0.6 is 39.7 Å². The monoisotopic (exact) mass is 443 g/mol. The maximum atomic E-state index is 12.6. The average molecular weight is 445 g/mol. The van der Waals surface area contributed by atoms with Gasteiger partial charge in [0.05, 0.1) is 5.02 Å². The smallest absolute Gasteiger partial charge is 0.225 e. The molecule has 2 aliphatic rings. The summed E-state index contributed by atoms with van der Waals surface area (Å²) < 4.78 is 0.862. The molecule has 1 heterocycles. The van der Waals surface area contributed by atoms with Gasteiger partial charge in [0.15, 0.2) is 5.11 Å². The molecule has 25 heavy (non-hydrogen) atoms. The Morgan fingerprint density at radius 1 is 1.12 bits per heavy atom. The molecule has 1 aliphatic heterocycles. The van der Waals surface area contributed by atoms with Crippen molar-refractivity contribution in [3.63, 3.8) is 0 Å². The van der Waals surface area contributed by atoms with Crippen LogP contribution in [0.15, 0.2) is 22.7 Å². The van der Waals surface area contributed by atoms with E-state index in [-0.39, 0.29) is 5.92 Å². The van der Waals surface area contributed by atoms with Crippen LogP contribution < -0.4 is 5.32 Å². The molecule has 4 nitrogen and oxygen atoms in total. The van der Waals surface area contributed by atoms with Gasteiger partial charge in [-0.2, -0.15) is 0 Å². The number of halogens is 2. The zero-order valence-corrected chi connectivity index (χ0v) is 17.3. The lowest BCUT2D eigenvalue weighted by molar-refractivity contribution is -0.137. The number of anilines is 1. The van der Waals surface area contributed by atoms with Crippen LogP contribution in [0.2, 0.25) is 5.02 Å². The molecule has 0 bridgehead atoms. The Morgan fingerprint density at radius 2 is 1.76 bits per heavy atom. The highest BCUT2D eigenvalue weighted by Crippen LogP contribution is 2.27. The predicted octanol–water partition coefficient (Wildman–Crippen LogP) is 4.52. The molecule has 1 aliphatic carbocycles. The third-order valence-electron chi connectivity index (χ3n) is 5.00. The number of benzene rings is 1. The minimum absolute atomic E-state index is 0.246. The fourth-order valence-electron chi connectivity index (χ4n) is 3.51. The molecule has 0 aromatic heterocycles. The van der Waals surface area contributed by atoms with E-state index in [1.165, 1.54) is 19.3 Å². The van der Waals surface area contributed by atoms with Crippen molar-refractivity contribution in [1.29, 1.82) is 0 Å². The predicted molar refractivity (Wildman–Crippen MR) is 110 cm³/mol. The first-order valence-electron chi connectivity index (χ1n) is 8.84. The van der Waals surface area contributed by atoms with Gasteiger partial charge in [-0.1, -0.05) is 30.9 Å². The first kappa shape index (κ1) is 18.9. The van der Waals surface area contributed by atoms with Crippen LogP contribution in [0.3, 0.4) is 0 Å². The van der Waals surface area contributed by atoms with Crippen LogP contribution in [0.25, 0.3) is 0 Å². The fourth-order valence-corrected chi connectivity index (χ4v) is 4.24. The number of thiocarbonyl (C=S) groups is 1. The molecule has 1 aromatic carbocycles. The molecule has 0 spiro atoms. The minimum atomic E-state index is 0.246. The second-order valence-electron chi connectivity index (χ2n) is 6.71. The first-order chi connectivity index (χ1) is 12.0. The van der Waals surface area contributed by atoms with Crippen molar-refractivity contribution in [2.45, 2.75) is 32.1 Å². The SMILES string of the molecule is O=C(C1CCCCC1)N1CCN(C(=S)Nc2ccc(Br)c(Cl)c2)CC1. The number of nitrogens with zero attached hydrogens (tertiary/aromatic N) is 2. The Bertz CT molecular complexity index is 643. The van der Waals surface area contributed by atoms with E-state index in [2.05, 4.69) is 26.1 Å². The van der Waals surface area contributed by atoms with E-state index in [0.717, 1.165) is 49.2 Å². The van der Waals surface area contributed by atoms with Gasteiger partial charge >= 0.3 is 0 Å². The number of nitrogens with one attached hydrogen (secondary N) is 1. The summed E-state index contributed by atoms with van der Waals surface area (Å²) in [5, 5.41) is 4.57. The van der Waals surface area contributed by atoms with Gasteiger partial charge in [-0.3, -0.25) is 4.79 Å². The van der Waals surface area contributed by atoms with Gasteiger partial charge in [0.25, 0.3) is 0 Å². The summed E-state index contributed by atoms with van der Waals surface area (Å²) in [6.07, 6.45) is 5.78. The molecule has 1 aromatic rings. The first-order valence-corrected chi connectivity index (χ1v) is 10.4. The molecular formula is C18H23BrClN3OS. The zero-order valence-electron chi connectivity index (χ0n) is 14.1. The van der Waals surface area contributed by atoms with Gasteiger partial charge in [0, 0.05) is 42.3 Å². The normalized spacial score (nSPS) is 19.0. The molecule has 7 heteroatoms. The van der Waals surface area contributed by atoms with E-state index < -0.39 is 0 Å². The van der Waals surface area contributed by atoms with Crippen molar-refractivity contribution in [3.8, 4) is 0 Å². The van der Waals surface area contributed by atoms with Crippen molar-refractivity contribution in [3.05, 3.63) is 27.7 Å². The van der Waals surface area contributed by atoms with E-state index >= 15 is 0 Å². The molecule has 1 saturated heterocycles. The Balaban J connectivity index is 1.50. The minimum Gasteiger partial charge on any atom is -0.345 e. The number of carbonyl (C=O) groups excluding carboxylic acids is 1. The topological polar surface area (TPSA) is 35.6 Å². The van der Waals surface area contributed by atoms with Crippen molar-refractivity contribution in [2.75, 3.05) is 31.5 Å². The van der Waals surface area contributed by atoms with Crippen LogP contribution in [0.5, 0.6) is 0 Å². The number of rotatable bonds is 2. The maximum absolute atomic E-state index is 12.6. The van der Waals surface area contributed by atoms with Gasteiger partial charge in [0.1, 0.15) is 0 Å². The Kier molecular flexibility index (Phi) is 6.58. The molecular weight excluding hydrogens is 422 g/mol. The molecule has 0 radical (unpaired) electrons. The molecule has 1 N–H and O–H groups in total. The van der Waals surface area contributed by atoms with E-state index in [9.17, 15) is 4.79 Å². The van der Waals surface area contributed by atoms with Gasteiger partial charge in [-0.25, -0.2) is 0 Å². The fraction of sp³-hybridized carbons (Fsp3) is 0.556. The summed E-state index contributed by atoms with van der Waals surface area (Å²) in [6, 6.07) is 5.68. The zero-order chi connectivity index (χ0) is 17.8. The third kappa shape index (κ3) is 4.86. The number of carbonyl (C=O) groups is 1. The van der Waals surface area contributed by atoms with Crippen LogP contribution in [0.4, 0.5) is 5.69 Å². The van der Waals surface area contributed by atoms with E-state index in [0.29, 0.717) is 16.0 Å². The standard InChI is InChI=1S/C18H23BrClN3OS/c19-15-7-6-14(12-16(15)20)21-18(25)23-10-8-22(9-11-23)17(24)13-4-2-1-3-5-13/h6-7,12-13H,1-5,8-11H2,(H,21,25). The Labute approximate surface area is 168 Å². The summed E-state index contributed by atoms with van der Waals surface area (Å²) in [5.41, 5.74) is 0.874. The number of piperazine rings is 1. The number of hydrogen-bond acceptors (Lipinski definition) is 2. The number of hydrogen-bond donors (Lipinski definition) is 1. The highest BCUT2D eigenvalue weighted by molar-refractivity contribution is 9.10. The summed E-state index contributed by atoms with van der Waals surface area (Å²) in [7, 11) is 0. The van der Waals surface area contributed by atoms with Gasteiger partial charge in [0.2, 0.25) is 5.91 Å². The van der Waals surface area contributed by atoms with Gasteiger partial charge < -0.3 is 15.1 Å². The van der Waals surface area contributed by atoms with Crippen LogP contribution in [0.1, 0.15) is 32.1 Å². The lowest BCUT2D eigenvalue weighted by Crippen LogP contribution is -2.53. The third-order valence-corrected chi connectivity index (χ3v) is 6.60. The van der Waals surface area contributed by atoms with Gasteiger partial charge in [-0.05, 0) is 59.2 Å². The molecule has 2 fully saturated rings. The van der Waals surface area contributed by atoms with Crippen LogP contribution in [-0.2, 0) is 4.79 Å². The highest BCUT2D eigenvalue weighted by atomic mass is 79.9. The van der Waals surface area contributed by atoms with E-state index in [4.69, 9.17) is 23.8 Å². The molecule has 3 rings (SSSR count). The Hall–Kier alpha value is -0.850. The van der Waals surface area contributed by atoms with Crippen molar-refractivity contribution < 1.29 is 4.79 Å². The summed E-state index contributed by atoms with van der Waals surface area (Å²) in [4.78, 5) is 16.8. The summed E-state index contributed by atoms with van der Waals surface area (Å²) >= 11 is 15.0. The number of amides is 1. The Morgan fingerprint density at radius 3 is 2.40 bits per heavy atom. The highest BCUT2D eigenvalue weighted by Gasteiger charge is 2.28. The second-order valence-corrected chi connectivity index (χ2v) is 8.35. The largest absolute Gasteiger partial charge is 0.345 e. The van der Waals surface area contributed by atoms with Crippen molar-refractivity contribution in [1.82, 2.24) is 9.80 Å². The lowest BCUT2D eigenvalue weighted by atomic mass is 9.88. The lowest BCUT2D eigenvalue weighted by Gasteiger charge is -2.38. The van der Waals surface area contributed by atoms with Gasteiger partial charge in [-0.15, -0.1) is 0 Å². The second kappa shape index (κ2) is 8.69. The van der Waals surface area contributed by atoms with Crippen LogP contribution in [0, 0.1) is 5.92 Å². The van der Waals surface area contributed by atoms with Crippen molar-refractivity contribution in [2.24, 2.45) is 5.92 Å².